The maximum atomic E-state index is 12.2. The second-order valence-electron chi connectivity index (χ2n) is 7.31. The molecule has 0 aliphatic heterocycles. The Bertz CT molecular complexity index is 980. The second-order valence-corrected chi connectivity index (χ2v) is 7.31. The lowest BCUT2D eigenvalue weighted by atomic mass is 9.95. The van der Waals surface area contributed by atoms with Crippen LogP contribution in [0.2, 0.25) is 0 Å². The summed E-state index contributed by atoms with van der Waals surface area (Å²) in [6.45, 7) is 2.85. The first-order valence-corrected chi connectivity index (χ1v) is 10.0. The molecule has 0 fully saturated rings. The predicted molar refractivity (Wildman–Crippen MR) is 109 cm³/mol. The molecule has 6 nitrogen and oxygen atoms in total. The number of H-pyrrole nitrogens is 1. The zero-order chi connectivity index (χ0) is 19.3. The molecule has 4 rings (SSSR count). The van der Waals surface area contributed by atoms with Gasteiger partial charge in [0.05, 0.1) is 12.2 Å². The molecular formula is C22H26N4O2. The number of para-hydroxylation sites is 1. The van der Waals surface area contributed by atoms with Crippen molar-refractivity contribution in [1.29, 1.82) is 0 Å². The van der Waals surface area contributed by atoms with Crippen molar-refractivity contribution in [2.24, 2.45) is 0 Å². The minimum absolute atomic E-state index is 0.0306. The summed E-state index contributed by atoms with van der Waals surface area (Å²) in [5.41, 5.74) is 5.46. The van der Waals surface area contributed by atoms with Crippen molar-refractivity contribution >= 4 is 16.8 Å². The van der Waals surface area contributed by atoms with Gasteiger partial charge in [-0.1, -0.05) is 18.2 Å². The fraction of sp³-hybridized carbons (Fsp3) is 0.409. The van der Waals surface area contributed by atoms with Crippen molar-refractivity contribution in [1.82, 2.24) is 20.5 Å². The summed E-state index contributed by atoms with van der Waals surface area (Å²) in [5.74, 6) is 0.779. The lowest BCUT2D eigenvalue weighted by Crippen LogP contribution is -2.28. The standard InChI is InChI=1S/C22H26N4O2/c1-15-9-10-16-5-4-8-20(22(16)24-15)28-14-13-23-21(27)12-11-19-17-6-2-3-7-18(17)25-26-19/h4-5,8-10H,2-3,6-7,11-14H2,1H3,(H,23,27)(H,25,26). The zero-order valence-electron chi connectivity index (χ0n) is 16.3. The van der Waals surface area contributed by atoms with Crippen LogP contribution in [0.25, 0.3) is 10.9 Å². The van der Waals surface area contributed by atoms with E-state index in [0.29, 0.717) is 26.0 Å². The van der Waals surface area contributed by atoms with Gasteiger partial charge in [-0.3, -0.25) is 9.89 Å². The van der Waals surface area contributed by atoms with E-state index in [1.54, 1.807) is 0 Å². The lowest BCUT2D eigenvalue weighted by Gasteiger charge is -2.11. The van der Waals surface area contributed by atoms with Crippen molar-refractivity contribution < 1.29 is 9.53 Å². The van der Waals surface area contributed by atoms with Gasteiger partial charge in [0.1, 0.15) is 17.9 Å². The van der Waals surface area contributed by atoms with E-state index >= 15 is 0 Å². The Hall–Kier alpha value is -2.89. The molecule has 1 aliphatic rings. The number of nitrogens with zero attached hydrogens (tertiary/aromatic N) is 2. The van der Waals surface area contributed by atoms with E-state index in [0.717, 1.165) is 40.9 Å². The normalized spacial score (nSPS) is 13.3. The number of benzene rings is 1. The Balaban J connectivity index is 1.24. The van der Waals surface area contributed by atoms with Gasteiger partial charge < -0.3 is 10.1 Å². The third-order valence-electron chi connectivity index (χ3n) is 5.24. The molecule has 0 radical (unpaired) electrons. The number of ether oxygens (including phenoxy) is 1. The molecule has 2 N–H and O–H groups in total. The van der Waals surface area contributed by atoms with Gasteiger partial charge in [0.15, 0.2) is 0 Å². The van der Waals surface area contributed by atoms with Gasteiger partial charge in [0, 0.05) is 29.6 Å². The Labute approximate surface area is 164 Å². The molecule has 0 unspecified atom stereocenters. The van der Waals surface area contributed by atoms with Crippen LogP contribution in [-0.4, -0.2) is 34.2 Å². The number of carbonyl (C=O) groups excluding carboxylic acids is 1. The van der Waals surface area contributed by atoms with Gasteiger partial charge in [-0.25, -0.2) is 4.98 Å². The molecule has 0 bridgehead atoms. The molecule has 1 amide bonds. The fourth-order valence-corrected chi connectivity index (χ4v) is 3.76. The van der Waals surface area contributed by atoms with E-state index in [-0.39, 0.29) is 5.91 Å². The maximum absolute atomic E-state index is 12.2. The minimum Gasteiger partial charge on any atom is -0.489 e. The number of pyridine rings is 1. The van der Waals surface area contributed by atoms with E-state index in [2.05, 4.69) is 20.5 Å². The highest BCUT2D eigenvalue weighted by atomic mass is 16.5. The number of fused-ring (bicyclic) bond motifs is 2. The Kier molecular flexibility index (Phi) is 5.55. The van der Waals surface area contributed by atoms with Crippen LogP contribution in [0.5, 0.6) is 5.75 Å². The highest BCUT2D eigenvalue weighted by molar-refractivity contribution is 5.84. The zero-order valence-corrected chi connectivity index (χ0v) is 16.3. The summed E-state index contributed by atoms with van der Waals surface area (Å²) >= 11 is 0. The van der Waals surface area contributed by atoms with Crippen LogP contribution in [0.1, 0.15) is 41.9 Å². The lowest BCUT2D eigenvalue weighted by molar-refractivity contribution is -0.121. The number of hydrogen-bond donors (Lipinski definition) is 2. The van der Waals surface area contributed by atoms with Crippen molar-refractivity contribution in [2.45, 2.75) is 45.4 Å². The largest absolute Gasteiger partial charge is 0.489 e. The Morgan fingerprint density at radius 1 is 1.21 bits per heavy atom. The van der Waals surface area contributed by atoms with Gasteiger partial charge in [-0.2, -0.15) is 5.10 Å². The number of amides is 1. The van der Waals surface area contributed by atoms with Crippen LogP contribution >= 0.6 is 0 Å². The average molecular weight is 378 g/mol. The second kappa shape index (κ2) is 8.42. The number of nitrogens with one attached hydrogen (secondary N) is 2. The van der Waals surface area contributed by atoms with Crippen LogP contribution in [0.15, 0.2) is 30.3 Å². The maximum Gasteiger partial charge on any atom is 0.220 e. The van der Waals surface area contributed by atoms with E-state index in [1.165, 1.54) is 24.1 Å². The molecule has 1 aromatic carbocycles. The summed E-state index contributed by atoms with van der Waals surface area (Å²) in [5, 5.41) is 11.5. The number of aryl methyl sites for hydroxylation is 3. The van der Waals surface area contributed by atoms with E-state index in [4.69, 9.17) is 4.74 Å². The first kappa shape index (κ1) is 18.5. The third-order valence-corrected chi connectivity index (χ3v) is 5.24. The van der Waals surface area contributed by atoms with Gasteiger partial charge in [0.25, 0.3) is 0 Å². The fourth-order valence-electron chi connectivity index (χ4n) is 3.76. The molecule has 0 saturated carbocycles. The SMILES string of the molecule is Cc1ccc2cccc(OCCNC(=O)CCc3n[nH]c4c3CCCC4)c2n1. The molecule has 0 atom stereocenters. The first-order valence-electron chi connectivity index (χ1n) is 10.0. The summed E-state index contributed by atoms with van der Waals surface area (Å²) in [6.07, 6.45) is 5.73. The van der Waals surface area contributed by atoms with Crippen LogP contribution in [-0.2, 0) is 24.1 Å². The quantitative estimate of drug-likeness (QED) is 0.619. The Morgan fingerprint density at radius 3 is 3.04 bits per heavy atom. The van der Waals surface area contributed by atoms with Crippen LogP contribution in [0.4, 0.5) is 0 Å². The number of hydrogen-bond acceptors (Lipinski definition) is 4. The smallest absolute Gasteiger partial charge is 0.220 e. The number of carbonyl (C=O) groups is 1. The van der Waals surface area contributed by atoms with Crippen molar-refractivity contribution in [3.8, 4) is 5.75 Å². The van der Waals surface area contributed by atoms with Crippen LogP contribution < -0.4 is 10.1 Å². The van der Waals surface area contributed by atoms with Crippen molar-refractivity contribution in [2.75, 3.05) is 13.2 Å². The van der Waals surface area contributed by atoms with E-state index < -0.39 is 0 Å². The number of aromatic nitrogens is 3. The highest BCUT2D eigenvalue weighted by Gasteiger charge is 2.17. The van der Waals surface area contributed by atoms with Crippen molar-refractivity contribution in [3.05, 3.63) is 53.0 Å². The molecular weight excluding hydrogens is 352 g/mol. The molecule has 3 aromatic rings. The molecule has 6 heteroatoms. The van der Waals surface area contributed by atoms with Crippen molar-refractivity contribution in [3.63, 3.8) is 0 Å². The van der Waals surface area contributed by atoms with Gasteiger partial charge in [-0.15, -0.1) is 0 Å². The predicted octanol–water partition coefficient (Wildman–Crippen LogP) is 3.27. The van der Waals surface area contributed by atoms with E-state index in [9.17, 15) is 4.79 Å². The molecule has 1 aliphatic carbocycles. The molecule has 0 spiro atoms. The molecule has 28 heavy (non-hydrogen) atoms. The monoisotopic (exact) mass is 378 g/mol. The summed E-state index contributed by atoms with van der Waals surface area (Å²) in [4.78, 5) is 16.7. The Morgan fingerprint density at radius 2 is 2.11 bits per heavy atom. The summed E-state index contributed by atoms with van der Waals surface area (Å²) < 4.78 is 5.85. The van der Waals surface area contributed by atoms with Gasteiger partial charge in [0.2, 0.25) is 5.91 Å². The topological polar surface area (TPSA) is 79.9 Å². The minimum atomic E-state index is 0.0306. The molecule has 2 aromatic heterocycles. The van der Waals surface area contributed by atoms with Crippen LogP contribution in [0, 0.1) is 6.92 Å². The van der Waals surface area contributed by atoms with Gasteiger partial charge in [-0.05, 0) is 50.3 Å². The average Bonchev–Trinajstić information content (AvgIpc) is 3.13. The van der Waals surface area contributed by atoms with Gasteiger partial charge >= 0.3 is 0 Å². The molecule has 146 valence electrons. The number of rotatable bonds is 7. The van der Waals surface area contributed by atoms with Crippen LogP contribution in [0.3, 0.4) is 0 Å². The molecule has 0 saturated heterocycles. The first-order chi connectivity index (χ1) is 13.7. The summed E-state index contributed by atoms with van der Waals surface area (Å²) in [6, 6.07) is 9.92. The molecule has 2 heterocycles. The summed E-state index contributed by atoms with van der Waals surface area (Å²) in [7, 11) is 0. The highest BCUT2D eigenvalue weighted by Crippen LogP contribution is 2.24. The van der Waals surface area contributed by atoms with E-state index in [1.807, 2.05) is 37.3 Å². The number of aromatic amines is 1. The third kappa shape index (κ3) is 4.16.